The molecule has 0 spiro atoms. The number of methoxy groups -OCH3 is 1. The Morgan fingerprint density at radius 3 is 2.63 bits per heavy atom. The summed E-state index contributed by atoms with van der Waals surface area (Å²) in [6.45, 7) is 9.28. The van der Waals surface area contributed by atoms with Crippen LogP contribution in [0.25, 0.3) is 0 Å². The van der Waals surface area contributed by atoms with Crippen molar-refractivity contribution in [3.63, 3.8) is 0 Å². The molecule has 0 bridgehead atoms. The van der Waals surface area contributed by atoms with E-state index in [-0.39, 0.29) is 5.41 Å². The molecule has 0 saturated heterocycles. The van der Waals surface area contributed by atoms with E-state index in [1.54, 1.807) is 7.11 Å². The largest absolute Gasteiger partial charge is 0.381 e. The number of hydrogen-bond donors (Lipinski definition) is 2. The van der Waals surface area contributed by atoms with Crippen LogP contribution in [0.15, 0.2) is 6.07 Å². The Balaban J connectivity index is 2.08. The molecule has 1 aromatic heterocycles. The lowest BCUT2D eigenvalue weighted by Crippen LogP contribution is -2.57. The van der Waals surface area contributed by atoms with Crippen molar-refractivity contribution in [3.8, 4) is 0 Å². The van der Waals surface area contributed by atoms with Gasteiger partial charge in [-0.25, -0.2) is 9.97 Å². The monoisotopic (exact) mass is 264 g/mol. The molecule has 2 rings (SSSR count). The van der Waals surface area contributed by atoms with Crippen LogP contribution in [-0.2, 0) is 4.74 Å². The topological polar surface area (TPSA) is 59.1 Å². The van der Waals surface area contributed by atoms with Gasteiger partial charge in [0.2, 0.25) is 0 Å². The van der Waals surface area contributed by atoms with E-state index < -0.39 is 0 Å². The Morgan fingerprint density at radius 2 is 2.05 bits per heavy atom. The highest BCUT2D eigenvalue weighted by Crippen LogP contribution is 2.43. The van der Waals surface area contributed by atoms with E-state index in [2.05, 4.69) is 41.4 Å². The Kier molecular flexibility index (Phi) is 3.94. The molecule has 2 unspecified atom stereocenters. The van der Waals surface area contributed by atoms with Crippen molar-refractivity contribution < 1.29 is 4.74 Å². The number of anilines is 2. The van der Waals surface area contributed by atoms with Crippen LogP contribution in [0.2, 0.25) is 0 Å². The molecule has 0 radical (unpaired) electrons. The van der Waals surface area contributed by atoms with E-state index in [1.807, 2.05) is 13.0 Å². The molecule has 0 aromatic carbocycles. The Bertz CT molecular complexity index is 447. The SMILES string of the molecule is CCNc1cc(NC2CC(OC)C2(C)C)nc(C)n1. The Hall–Kier alpha value is -1.36. The van der Waals surface area contributed by atoms with E-state index in [4.69, 9.17) is 4.74 Å². The second kappa shape index (κ2) is 5.33. The minimum atomic E-state index is 0.131. The predicted octanol–water partition coefficient (Wildman–Crippen LogP) is 2.44. The molecule has 0 aliphatic heterocycles. The quantitative estimate of drug-likeness (QED) is 0.855. The first-order chi connectivity index (χ1) is 8.97. The summed E-state index contributed by atoms with van der Waals surface area (Å²) in [4.78, 5) is 8.81. The maximum absolute atomic E-state index is 5.47. The normalized spacial score (nSPS) is 24.7. The van der Waals surface area contributed by atoms with Gasteiger partial charge in [0.05, 0.1) is 6.10 Å². The van der Waals surface area contributed by atoms with Crippen LogP contribution in [0.1, 0.15) is 33.0 Å². The minimum absolute atomic E-state index is 0.131. The van der Waals surface area contributed by atoms with Crippen LogP contribution < -0.4 is 10.6 Å². The number of rotatable bonds is 5. The second-order valence-electron chi connectivity index (χ2n) is 5.69. The number of hydrogen-bond acceptors (Lipinski definition) is 5. The molecule has 19 heavy (non-hydrogen) atoms. The summed E-state index contributed by atoms with van der Waals surface area (Å²) in [7, 11) is 1.78. The molecular weight excluding hydrogens is 240 g/mol. The summed E-state index contributed by atoms with van der Waals surface area (Å²) in [6.07, 6.45) is 1.34. The number of aryl methyl sites for hydroxylation is 1. The maximum Gasteiger partial charge on any atom is 0.132 e. The van der Waals surface area contributed by atoms with Gasteiger partial charge in [-0.05, 0) is 20.3 Å². The van der Waals surface area contributed by atoms with Crippen molar-refractivity contribution >= 4 is 11.6 Å². The van der Waals surface area contributed by atoms with Gasteiger partial charge in [-0.3, -0.25) is 0 Å². The van der Waals surface area contributed by atoms with Gasteiger partial charge in [-0.2, -0.15) is 0 Å². The van der Waals surface area contributed by atoms with Crippen LogP contribution in [0, 0.1) is 12.3 Å². The summed E-state index contributed by atoms with van der Waals surface area (Å²) in [5.74, 6) is 2.54. The van der Waals surface area contributed by atoms with Crippen molar-refractivity contribution in [2.75, 3.05) is 24.3 Å². The summed E-state index contributed by atoms with van der Waals surface area (Å²) in [5, 5.41) is 6.72. The Labute approximate surface area is 115 Å². The van der Waals surface area contributed by atoms with E-state index in [0.29, 0.717) is 12.1 Å². The van der Waals surface area contributed by atoms with E-state index >= 15 is 0 Å². The fraction of sp³-hybridized carbons (Fsp3) is 0.714. The van der Waals surface area contributed by atoms with Crippen molar-refractivity contribution in [3.05, 3.63) is 11.9 Å². The van der Waals surface area contributed by atoms with Crippen molar-refractivity contribution in [1.82, 2.24) is 9.97 Å². The van der Waals surface area contributed by atoms with E-state index in [1.165, 1.54) is 0 Å². The number of ether oxygens (including phenoxy) is 1. The fourth-order valence-electron chi connectivity index (χ4n) is 2.62. The lowest BCUT2D eigenvalue weighted by Gasteiger charge is -2.51. The number of nitrogens with zero attached hydrogens (tertiary/aromatic N) is 2. The minimum Gasteiger partial charge on any atom is -0.381 e. The Morgan fingerprint density at radius 1 is 1.37 bits per heavy atom. The molecular formula is C14H24N4O. The third-order valence-corrected chi connectivity index (χ3v) is 3.98. The van der Waals surface area contributed by atoms with Crippen LogP contribution in [0.4, 0.5) is 11.6 Å². The van der Waals surface area contributed by atoms with Crippen LogP contribution >= 0.6 is 0 Å². The molecule has 2 atom stereocenters. The molecule has 5 nitrogen and oxygen atoms in total. The molecule has 1 aliphatic carbocycles. The molecule has 5 heteroatoms. The number of aromatic nitrogens is 2. The smallest absolute Gasteiger partial charge is 0.132 e. The van der Waals surface area contributed by atoms with E-state index in [0.717, 1.165) is 30.4 Å². The molecule has 2 N–H and O–H groups in total. The average molecular weight is 264 g/mol. The molecule has 106 valence electrons. The predicted molar refractivity (Wildman–Crippen MR) is 77.5 cm³/mol. The second-order valence-corrected chi connectivity index (χ2v) is 5.69. The first kappa shape index (κ1) is 14.1. The zero-order valence-electron chi connectivity index (χ0n) is 12.4. The molecule has 1 saturated carbocycles. The fourth-order valence-corrected chi connectivity index (χ4v) is 2.62. The standard InChI is InChI=1S/C14H24N4O/c1-6-15-12-8-13(17-9(2)16-12)18-10-7-11(19-5)14(10,3)4/h8,10-11H,6-7H2,1-5H3,(H2,15,16,17,18). The molecule has 1 aromatic rings. The van der Waals surface area contributed by atoms with Gasteiger partial charge in [0.15, 0.2) is 0 Å². The summed E-state index contributed by atoms with van der Waals surface area (Å²) in [6, 6.07) is 2.36. The van der Waals surface area contributed by atoms with Crippen molar-refractivity contribution in [1.29, 1.82) is 0 Å². The van der Waals surface area contributed by atoms with Crippen LogP contribution in [-0.4, -0.2) is 35.8 Å². The van der Waals surface area contributed by atoms with Crippen molar-refractivity contribution in [2.24, 2.45) is 5.41 Å². The highest BCUT2D eigenvalue weighted by molar-refractivity contribution is 5.48. The highest BCUT2D eigenvalue weighted by atomic mass is 16.5. The summed E-state index contributed by atoms with van der Waals surface area (Å²) < 4.78 is 5.47. The molecule has 0 amide bonds. The molecule has 1 heterocycles. The third-order valence-electron chi connectivity index (χ3n) is 3.98. The average Bonchev–Trinajstić information content (AvgIpc) is 2.33. The zero-order valence-corrected chi connectivity index (χ0v) is 12.4. The first-order valence-electron chi connectivity index (χ1n) is 6.86. The lowest BCUT2D eigenvalue weighted by atomic mass is 9.64. The third kappa shape index (κ3) is 2.81. The van der Waals surface area contributed by atoms with Gasteiger partial charge in [-0.15, -0.1) is 0 Å². The van der Waals surface area contributed by atoms with Gasteiger partial charge >= 0.3 is 0 Å². The van der Waals surface area contributed by atoms with E-state index in [9.17, 15) is 0 Å². The van der Waals surface area contributed by atoms with Crippen molar-refractivity contribution in [2.45, 2.75) is 46.3 Å². The van der Waals surface area contributed by atoms with Gasteiger partial charge in [-0.1, -0.05) is 13.8 Å². The van der Waals surface area contributed by atoms with Crippen LogP contribution in [0.3, 0.4) is 0 Å². The molecule has 1 fully saturated rings. The van der Waals surface area contributed by atoms with Gasteiger partial charge in [0.25, 0.3) is 0 Å². The van der Waals surface area contributed by atoms with Gasteiger partial charge < -0.3 is 15.4 Å². The van der Waals surface area contributed by atoms with Gasteiger partial charge in [0, 0.05) is 31.2 Å². The maximum atomic E-state index is 5.47. The van der Waals surface area contributed by atoms with Crippen LogP contribution in [0.5, 0.6) is 0 Å². The van der Waals surface area contributed by atoms with Gasteiger partial charge in [0.1, 0.15) is 17.5 Å². The first-order valence-corrected chi connectivity index (χ1v) is 6.86. The number of nitrogens with one attached hydrogen (secondary N) is 2. The summed E-state index contributed by atoms with van der Waals surface area (Å²) >= 11 is 0. The highest BCUT2D eigenvalue weighted by Gasteiger charge is 2.48. The summed E-state index contributed by atoms with van der Waals surface area (Å²) in [5.41, 5.74) is 0.131. The molecule has 1 aliphatic rings. The lowest BCUT2D eigenvalue weighted by molar-refractivity contribution is -0.0795. The zero-order chi connectivity index (χ0) is 14.0.